The number of hydrogen-bond donors (Lipinski definition) is 3. The Labute approximate surface area is 137 Å². The maximum Gasteiger partial charge on any atom is 0.326 e. The van der Waals surface area contributed by atoms with Gasteiger partial charge in [0.15, 0.2) is 0 Å². The van der Waals surface area contributed by atoms with Crippen LogP contribution in [0.15, 0.2) is 0 Å². The molecule has 132 valence electrons. The fourth-order valence-electron chi connectivity index (χ4n) is 2.74. The van der Waals surface area contributed by atoms with Crippen LogP contribution in [0.1, 0.15) is 47.0 Å². The van der Waals surface area contributed by atoms with Gasteiger partial charge >= 0.3 is 5.97 Å². The summed E-state index contributed by atoms with van der Waals surface area (Å²) >= 11 is 0. The van der Waals surface area contributed by atoms with Crippen molar-refractivity contribution < 1.29 is 19.5 Å². The monoisotopic (exact) mass is 327 g/mol. The molecule has 7 nitrogen and oxygen atoms in total. The molecule has 7 heteroatoms. The van der Waals surface area contributed by atoms with E-state index in [-0.39, 0.29) is 23.7 Å². The highest BCUT2D eigenvalue weighted by Crippen LogP contribution is 2.20. The Hall–Kier alpha value is -1.63. The number of aliphatic carboxylic acids is 1. The van der Waals surface area contributed by atoms with E-state index in [1.807, 2.05) is 27.7 Å². The second-order valence-electron chi connectivity index (χ2n) is 6.67. The Bertz CT molecular complexity index is 453. The fourth-order valence-corrected chi connectivity index (χ4v) is 2.74. The van der Waals surface area contributed by atoms with E-state index in [2.05, 4.69) is 5.32 Å². The number of nitrogens with zero attached hydrogens (tertiary/aromatic N) is 1. The first-order valence-electron chi connectivity index (χ1n) is 8.29. The van der Waals surface area contributed by atoms with Crippen LogP contribution in [0.4, 0.5) is 0 Å². The van der Waals surface area contributed by atoms with Gasteiger partial charge in [0.05, 0.1) is 6.04 Å². The molecule has 4 N–H and O–H groups in total. The van der Waals surface area contributed by atoms with Gasteiger partial charge < -0.3 is 21.1 Å². The first kappa shape index (κ1) is 19.4. The third-order valence-electron chi connectivity index (χ3n) is 4.61. The minimum Gasteiger partial charge on any atom is -0.480 e. The highest BCUT2D eigenvalue weighted by molar-refractivity contribution is 5.92. The van der Waals surface area contributed by atoms with Gasteiger partial charge in [-0.25, -0.2) is 4.79 Å². The molecule has 1 rings (SSSR count). The summed E-state index contributed by atoms with van der Waals surface area (Å²) in [5.41, 5.74) is 5.92. The Morgan fingerprint density at radius 2 is 1.91 bits per heavy atom. The van der Waals surface area contributed by atoms with Crippen LogP contribution in [0, 0.1) is 11.8 Å². The lowest BCUT2D eigenvalue weighted by molar-refractivity contribution is -0.150. The van der Waals surface area contributed by atoms with Crippen molar-refractivity contribution >= 4 is 17.8 Å². The number of carboxylic acids is 1. The summed E-state index contributed by atoms with van der Waals surface area (Å²) in [6.45, 7) is 7.89. The van der Waals surface area contributed by atoms with Gasteiger partial charge in [-0.2, -0.15) is 0 Å². The third-order valence-corrected chi connectivity index (χ3v) is 4.61. The molecular formula is C16H29N3O4. The predicted molar refractivity (Wildman–Crippen MR) is 86.6 cm³/mol. The molecule has 4 atom stereocenters. The van der Waals surface area contributed by atoms with Crippen LogP contribution in [0.5, 0.6) is 0 Å². The van der Waals surface area contributed by atoms with Gasteiger partial charge in [-0.15, -0.1) is 0 Å². The molecule has 2 amide bonds. The number of amides is 2. The number of nitrogens with two attached hydrogens (primary N) is 1. The normalized spacial score (nSPS) is 21.8. The zero-order valence-electron chi connectivity index (χ0n) is 14.4. The molecule has 0 aromatic carbocycles. The average Bonchev–Trinajstić information content (AvgIpc) is 2.99. The van der Waals surface area contributed by atoms with Gasteiger partial charge in [0.1, 0.15) is 12.1 Å². The van der Waals surface area contributed by atoms with Crippen molar-refractivity contribution in [1.29, 1.82) is 0 Å². The molecule has 1 fully saturated rings. The number of carbonyl (C=O) groups excluding carboxylic acids is 2. The topological polar surface area (TPSA) is 113 Å². The largest absolute Gasteiger partial charge is 0.480 e. The number of carbonyl (C=O) groups is 3. The van der Waals surface area contributed by atoms with Gasteiger partial charge in [0.2, 0.25) is 11.8 Å². The number of likely N-dealkylation sites (tertiary alicyclic amines) is 1. The van der Waals surface area contributed by atoms with E-state index < -0.39 is 24.1 Å². The average molecular weight is 327 g/mol. The van der Waals surface area contributed by atoms with E-state index >= 15 is 0 Å². The first-order chi connectivity index (χ1) is 10.7. The maximum absolute atomic E-state index is 12.7. The zero-order chi connectivity index (χ0) is 17.7. The molecule has 0 unspecified atom stereocenters. The third kappa shape index (κ3) is 4.67. The lowest BCUT2D eigenvalue weighted by Gasteiger charge is -2.30. The second-order valence-corrected chi connectivity index (χ2v) is 6.67. The number of rotatable bonds is 7. The van der Waals surface area contributed by atoms with Crippen LogP contribution in [-0.2, 0) is 14.4 Å². The molecule has 0 saturated carbocycles. The Morgan fingerprint density at radius 1 is 1.30 bits per heavy atom. The van der Waals surface area contributed by atoms with Gasteiger partial charge in [0, 0.05) is 6.54 Å². The SMILES string of the molecule is CC[C@H](C)[C@H](N)C(=O)N[C@H](C(=O)N1CCC[C@H]1C(=O)O)C(C)C. The summed E-state index contributed by atoms with van der Waals surface area (Å²) in [7, 11) is 0. The smallest absolute Gasteiger partial charge is 0.326 e. The van der Waals surface area contributed by atoms with Crippen molar-refractivity contribution in [3.05, 3.63) is 0 Å². The fraction of sp³-hybridized carbons (Fsp3) is 0.812. The first-order valence-corrected chi connectivity index (χ1v) is 8.29. The Balaban J connectivity index is 2.84. The molecular weight excluding hydrogens is 298 g/mol. The zero-order valence-corrected chi connectivity index (χ0v) is 14.4. The highest BCUT2D eigenvalue weighted by atomic mass is 16.4. The summed E-state index contributed by atoms with van der Waals surface area (Å²) < 4.78 is 0. The molecule has 23 heavy (non-hydrogen) atoms. The van der Waals surface area contributed by atoms with Crippen LogP contribution in [0.25, 0.3) is 0 Å². The van der Waals surface area contributed by atoms with Gasteiger partial charge in [-0.05, 0) is 24.7 Å². The second kappa shape index (κ2) is 8.29. The lowest BCUT2D eigenvalue weighted by atomic mass is 9.97. The van der Waals surface area contributed by atoms with Crippen molar-refractivity contribution in [1.82, 2.24) is 10.2 Å². The van der Waals surface area contributed by atoms with Crippen LogP contribution in [-0.4, -0.2) is 52.5 Å². The van der Waals surface area contributed by atoms with Crippen LogP contribution >= 0.6 is 0 Å². The van der Waals surface area contributed by atoms with E-state index in [4.69, 9.17) is 5.73 Å². The summed E-state index contributed by atoms with van der Waals surface area (Å²) in [6, 6.07) is -2.23. The molecule has 0 bridgehead atoms. The summed E-state index contributed by atoms with van der Waals surface area (Å²) in [5.74, 6) is -1.84. The molecule has 0 aromatic heterocycles. The summed E-state index contributed by atoms with van der Waals surface area (Å²) in [6.07, 6.45) is 1.88. The molecule has 1 saturated heterocycles. The van der Waals surface area contributed by atoms with Gasteiger partial charge in [-0.3, -0.25) is 9.59 Å². The van der Waals surface area contributed by atoms with Crippen molar-refractivity contribution in [3.63, 3.8) is 0 Å². The predicted octanol–water partition coefficient (Wildman–Crippen LogP) is 0.576. The highest BCUT2D eigenvalue weighted by Gasteiger charge is 2.39. The van der Waals surface area contributed by atoms with E-state index in [9.17, 15) is 19.5 Å². The van der Waals surface area contributed by atoms with Gasteiger partial charge in [0.25, 0.3) is 0 Å². The van der Waals surface area contributed by atoms with E-state index in [0.717, 1.165) is 6.42 Å². The molecule has 0 radical (unpaired) electrons. The minimum absolute atomic E-state index is 0.0106. The molecule has 0 aliphatic carbocycles. The standard InChI is InChI=1S/C16H29N3O4/c1-5-10(4)12(17)14(20)18-13(9(2)3)15(21)19-8-6-7-11(19)16(22)23/h9-13H,5-8,17H2,1-4H3,(H,18,20)(H,22,23)/t10-,11-,12-,13-/m0/s1. The molecule has 1 heterocycles. The van der Waals surface area contributed by atoms with E-state index in [0.29, 0.717) is 19.4 Å². The van der Waals surface area contributed by atoms with Crippen LogP contribution in [0.3, 0.4) is 0 Å². The molecule has 0 aromatic rings. The van der Waals surface area contributed by atoms with Crippen molar-refractivity contribution in [2.45, 2.75) is 65.1 Å². The number of hydrogen-bond acceptors (Lipinski definition) is 4. The lowest BCUT2D eigenvalue weighted by Crippen LogP contribution is -2.57. The minimum atomic E-state index is -0.999. The Kier molecular flexibility index (Phi) is 7.00. The van der Waals surface area contributed by atoms with Crippen LogP contribution in [0.2, 0.25) is 0 Å². The maximum atomic E-state index is 12.7. The Morgan fingerprint density at radius 3 is 2.39 bits per heavy atom. The van der Waals surface area contributed by atoms with Gasteiger partial charge in [-0.1, -0.05) is 34.1 Å². The van der Waals surface area contributed by atoms with E-state index in [1.54, 1.807) is 0 Å². The molecule has 1 aliphatic heterocycles. The summed E-state index contributed by atoms with van der Waals surface area (Å²) in [5, 5.41) is 11.9. The number of nitrogens with one attached hydrogen (secondary N) is 1. The van der Waals surface area contributed by atoms with E-state index in [1.165, 1.54) is 4.90 Å². The summed E-state index contributed by atoms with van der Waals surface area (Å²) in [4.78, 5) is 37.6. The number of carboxylic acid groups (broad SMARTS) is 1. The van der Waals surface area contributed by atoms with Crippen molar-refractivity contribution in [2.24, 2.45) is 17.6 Å². The molecule has 1 aliphatic rings. The van der Waals surface area contributed by atoms with Crippen molar-refractivity contribution in [3.8, 4) is 0 Å². The van der Waals surface area contributed by atoms with Crippen molar-refractivity contribution in [2.75, 3.05) is 6.54 Å². The quantitative estimate of drug-likeness (QED) is 0.633. The van der Waals surface area contributed by atoms with Crippen LogP contribution < -0.4 is 11.1 Å². The molecule has 0 spiro atoms.